The number of anilines is 1. The Bertz CT molecular complexity index is 406. The molecule has 1 aliphatic heterocycles. The predicted octanol–water partition coefficient (Wildman–Crippen LogP) is 3.59. The number of rotatable bonds is 8. The van der Waals surface area contributed by atoms with Crippen LogP contribution in [0.1, 0.15) is 45.1 Å². The first-order valence-corrected chi connectivity index (χ1v) is 8.06. The van der Waals surface area contributed by atoms with E-state index in [1.165, 1.54) is 31.2 Å². The van der Waals surface area contributed by atoms with Gasteiger partial charge in [0.1, 0.15) is 12.4 Å². The van der Waals surface area contributed by atoms with Gasteiger partial charge in [-0.2, -0.15) is 0 Å². The summed E-state index contributed by atoms with van der Waals surface area (Å²) in [5.41, 5.74) is 2.53. The molecule has 0 aromatic heterocycles. The van der Waals surface area contributed by atoms with Crippen molar-refractivity contribution in [3.8, 4) is 5.75 Å². The van der Waals surface area contributed by atoms with Crippen molar-refractivity contribution in [3.63, 3.8) is 0 Å². The quantitative estimate of drug-likeness (QED) is 0.712. The van der Waals surface area contributed by atoms with Crippen LogP contribution in [0.5, 0.6) is 5.75 Å². The second-order valence-corrected chi connectivity index (χ2v) is 5.58. The first kappa shape index (κ1) is 15.2. The molecule has 1 unspecified atom stereocenters. The Morgan fingerprint density at radius 1 is 1.30 bits per heavy atom. The lowest BCUT2D eigenvalue weighted by atomic mass is 10.0. The molecule has 2 N–H and O–H groups in total. The van der Waals surface area contributed by atoms with E-state index >= 15 is 0 Å². The van der Waals surface area contributed by atoms with Gasteiger partial charge in [0.15, 0.2) is 0 Å². The van der Waals surface area contributed by atoms with E-state index in [1.807, 2.05) is 0 Å². The molecule has 1 aliphatic rings. The molecule has 112 valence electrons. The standard InChI is InChI=1S/C17H28N2O/c1-3-5-6-9-18-15(4-2)12-14-7-8-17-16(13-14)19-10-11-20-17/h7-8,13,15,18-19H,3-6,9-12H2,1-2H3. The van der Waals surface area contributed by atoms with Crippen LogP contribution in [-0.2, 0) is 6.42 Å². The Balaban J connectivity index is 1.87. The molecule has 2 rings (SSSR count). The number of hydrogen-bond acceptors (Lipinski definition) is 3. The van der Waals surface area contributed by atoms with E-state index < -0.39 is 0 Å². The van der Waals surface area contributed by atoms with Crippen LogP contribution in [0, 0.1) is 0 Å². The smallest absolute Gasteiger partial charge is 0.142 e. The highest BCUT2D eigenvalue weighted by atomic mass is 16.5. The Kier molecular flexibility index (Phi) is 6.19. The summed E-state index contributed by atoms with van der Waals surface area (Å²) >= 11 is 0. The summed E-state index contributed by atoms with van der Waals surface area (Å²) in [6, 6.07) is 7.11. The van der Waals surface area contributed by atoms with E-state index in [4.69, 9.17) is 4.74 Å². The van der Waals surface area contributed by atoms with Gasteiger partial charge in [-0.1, -0.05) is 32.8 Å². The largest absolute Gasteiger partial charge is 0.490 e. The van der Waals surface area contributed by atoms with Gasteiger partial charge in [0.25, 0.3) is 0 Å². The van der Waals surface area contributed by atoms with Crippen LogP contribution in [0.4, 0.5) is 5.69 Å². The van der Waals surface area contributed by atoms with Crippen molar-refractivity contribution in [2.45, 2.75) is 52.0 Å². The maximum atomic E-state index is 5.62. The molecular formula is C17H28N2O. The number of hydrogen-bond donors (Lipinski definition) is 2. The van der Waals surface area contributed by atoms with Crippen LogP contribution in [0.25, 0.3) is 0 Å². The van der Waals surface area contributed by atoms with Crippen molar-refractivity contribution >= 4 is 5.69 Å². The van der Waals surface area contributed by atoms with E-state index in [9.17, 15) is 0 Å². The third kappa shape index (κ3) is 4.41. The van der Waals surface area contributed by atoms with Crippen molar-refractivity contribution in [1.29, 1.82) is 0 Å². The molecule has 3 heteroatoms. The second-order valence-electron chi connectivity index (χ2n) is 5.58. The van der Waals surface area contributed by atoms with E-state index in [0.29, 0.717) is 6.04 Å². The molecule has 3 nitrogen and oxygen atoms in total. The second kappa shape index (κ2) is 8.15. The first-order chi connectivity index (χ1) is 9.83. The summed E-state index contributed by atoms with van der Waals surface area (Å²) in [7, 11) is 0. The fourth-order valence-electron chi connectivity index (χ4n) is 2.64. The average Bonchev–Trinajstić information content (AvgIpc) is 2.50. The molecular weight excluding hydrogens is 248 g/mol. The van der Waals surface area contributed by atoms with Crippen LogP contribution in [-0.4, -0.2) is 25.7 Å². The maximum Gasteiger partial charge on any atom is 0.142 e. The van der Waals surface area contributed by atoms with Crippen molar-refractivity contribution in [3.05, 3.63) is 23.8 Å². The minimum atomic E-state index is 0.578. The Hall–Kier alpha value is -1.22. The van der Waals surface area contributed by atoms with Crippen LogP contribution in [0.3, 0.4) is 0 Å². The summed E-state index contributed by atoms with van der Waals surface area (Å²) in [5.74, 6) is 0.990. The molecule has 0 aliphatic carbocycles. The van der Waals surface area contributed by atoms with Gasteiger partial charge >= 0.3 is 0 Å². The molecule has 0 fully saturated rings. The molecule has 1 aromatic rings. The highest BCUT2D eigenvalue weighted by molar-refractivity contribution is 5.59. The predicted molar refractivity (Wildman–Crippen MR) is 85.7 cm³/mol. The number of benzene rings is 1. The minimum absolute atomic E-state index is 0.578. The molecule has 0 amide bonds. The molecule has 1 heterocycles. The zero-order valence-corrected chi connectivity index (χ0v) is 12.9. The third-order valence-corrected chi connectivity index (χ3v) is 3.91. The zero-order valence-electron chi connectivity index (χ0n) is 12.9. The normalized spacial score (nSPS) is 15.1. The zero-order chi connectivity index (χ0) is 14.2. The molecule has 1 aromatic carbocycles. The summed E-state index contributed by atoms with van der Waals surface area (Å²) < 4.78 is 5.62. The minimum Gasteiger partial charge on any atom is -0.490 e. The van der Waals surface area contributed by atoms with Gasteiger partial charge in [-0.25, -0.2) is 0 Å². The molecule has 0 radical (unpaired) electrons. The molecule has 0 saturated carbocycles. The highest BCUT2D eigenvalue weighted by Crippen LogP contribution is 2.28. The molecule has 0 bridgehead atoms. The van der Waals surface area contributed by atoms with Crippen molar-refractivity contribution in [2.75, 3.05) is 25.0 Å². The molecule has 0 spiro atoms. The Morgan fingerprint density at radius 2 is 2.20 bits per heavy atom. The fourth-order valence-corrected chi connectivity index (χ4v) is 2.64. The Morgan fingerprint density at radius 3 is 3.00 bits per heavy atom. The van der Waals surface area contributed by atoms with Gasteiger partial charge in [0, 0.05) is 12.6 Å². The van der Waals surface area contributed by atoms with Gasteiger partial charge in [-0.15, -0.1) is 0 Å². The van der Waals surface area contributed by atoms with Gasteiger partial charge in [-0.05, 0) is 43.5 Å². The van der Waals surface area contributed by atoms with E-state index in [1.54, 1.807) is 0 Å². The van der Waals surface area contributed by atoms with Gasteiger partial charge in [0.2, 0.25) is 0 Å². The molecule has 20 heavy (non-hydrogen) atoms. The molecule has 1 atom stereocenters. The van der Waals surface area contributed by atoms with Crippen molar-refractivity contribution in [1.82, 2.24) is 5.32 Å². The van der Waals surface area contributed by atoms with E-state index in [0.717, 1.165) is 37.6 Å². The van der Waals surface area contributed by atoms with Gasteiger partial charge in [0.05, 0.1) is 5.69 Å². The SMILES string of the molecule is CCCCCNC(CC)Cc1ccc2c(c1)NCCO2. The van der Waals surface area contributed by atoms with Crippen LogP contribution in [0.2, 0.25) is 0 Å². The number of ether oxygens (including phenoxy) is 1. The summed E-state index contributed by atoms with van der Waals surface area (Å²) in [4.78, 5) is 0. The average molecular weight is 276 g/mol. The lowest BCUT2D eigenvalue weighted by Gasteiger charge is -2.21. The molecule has 0 saturated heterocycles. The maximum absolute atomic E-state index is 5.62. The first-order valence-electron chi connectivity index (χ1n) is 8.06. The summed E-state index contributed by atoms with van der Waals surface area (Å²) in [5, 5.41) is 7.09. The number of nitrogens with one attached hydrogen (secondary N) is 2. The summed E-state index contributed by atoms with van der Waals surface area (Å²) in [6.45, 7) is 7.32. The fraction of sp³-hybridized carbons (Fsp3) is 0.647. The third-order valence-electron chi connectivity index (χ3n) is 3.91. The number of unbranched alkanes of at least 4 members (excludes halogenated alkanes) is 2. The summed E-state index contributed by atoms with van der Waals surface area (Å²) in [6.07, 6.45) is 6.16. The van der Waals surface area contributed by atoms with Gasteiger partial charge in [-0.3, -0.25) is 0 Å². The topological polar surface area (TPSA) is 33.3 Å². The monoisotopic (exact) mass is 276 g/mol. The lowest BCUT2D eigenvalue weighted by molar-refractivity contribution is 0.323. The van der Waals surface area contributed by atoms with Gasteiger partial charge < -0.3 is 15.4 Å². The highest BCUT2D eigenvalue weighted by Gasteiger charge is 2.12. The van der Waals surface area contributed by atoms with Crippen LogP contribution in [0.15, 0.2) is 18.2 Å². The number of fused-ring (bicyclic) bond motifs is 1. The van der Waals surface area contributed by atoms with Crippen molar-refractivity contribution < 1.29 is 4.74 Å². The lowest BCUT2D eigenvalue weighted by Crippen LogP contribution is -2.31. The van der Waals surface area contributed by atoms with E-state index in [-0.39, 0.29) is 0 Å². The van der Waals surface area contributed by atoms with E-state index in [2.05, 4.69) is 42.7 Å². The van der Waals surface area contributed by atoms with Crippen LogP contribution >= 0.6 is 0 Å². The Labute approximate surface area is 123 Å². The van der Waals surface area contributed by atoms with Crippen molar-refractivity contribution in [2.24, 2.45) is 0 Å². The van der Waals surface area contributed by atoms with Crippen LogP contribution < -0.4 is 15.4 Å².